The summed E-state index contributed by atoms with van der Waals surface area (Å²) in [6.45, 7) is 5.59. The van der Waals surface area contributed by atoms with Gasteiger partial charge >= 0.3 is 0 Å². The Morgan fingerprint density at radius 1 is 1.10 bits per heavy atom. The quantitative estimate of drug-likeness (QED) is 0.784. The zero-order valence-corrected chi connectivity index (χ0v) is 17.9. The smallest absolute Gasteiger partial charge is 0.251 e. The van der Waals surface area contributed by atoms with E-state index in [1.165, 1.54) is 12.1 Å². The highest BCUT2D eigenvalue weighted by atomic mass is 32.2. The predicted molar refractivity (Wildman–Crippen MR) is 112 cm³/mol. The minimum atomic E-state index is -3.55. The molecule has 1 saturated heterocycles. The molecule has 1 heterocycles. The maximum atomic E-state index is 12.9. The number of carbonyl (C=O) groups is 1. The Hall–Kier alpha value is -2.38. The number of rotatable bonds is 6. The molecule has 3 rings (SSSR count). The number of piperidine rings is 1. The van der Waals surface area contributed by atoms with E-state index in [0.29, 0.717) is 37.0 Å². The Bertz CT molecular complexity index is 947. The molecule has 29 heavy (non-hydrogen) atoms. The van der Waals surface area contributed by atoms with Gasteiger partial charge in [0.05, 0.1) is 12.0 Å². The van der Waals surface area contributed by atoms with Gasteiger partial charge in [0.15, 0.2) is 0 Å². The van der Waals surface area contributed by atoms with Crippen molar-refractivity contribution >= 4 is 15.9 Å². The van der Waals surface area contributed by atoms with Crippen LogP contribution in [0.3, 0.4) is 0 Å². The second-order valence-electron chi connectivity index (χ2n) is 7.83. The Morgan fingerprint density at radius 3 is 2.38 bits per heavy atom. The predicted octanol–water partition coefficient (Wildman–Crippen LogP) is 3.29. The van der Waals surface area contributed by atoms with Gasteiger partial charge in [-0.05, 0) is 60.2 Å². The molecule has 0 bridgehead atoms. The molecule has 0 radical (unpaired) electrons. The summed E-state index contributed by atoms with van der Waals surface area (Å²) in [5.74, 6) is 1.16. The van der Waals surface area contributed by atoms with Gasteiger partial charge in [0.2, 0.25) is 10.0 Å². The Labute approximate surface area is 172 Å². The number of methoxy groups -OCH3 is 1. The van der Waals surface area contributed by atoms with Crippen LogP contribution in [0.5, 0.6) is 5.75 Å². The van der Waals surface area contributed by atoms with Crippen molar-refractivity contribution in [2.75, 3.05) is 20.2 Å². The van der Waals surface area contributed by atoms with Crippen molar-refractivity contribution in [3.8, 4) is 5.75 Å². The van der Waals surface area contributed by atoms with Crippen LogP contribution in [0.15, 0.2) is 53.4 Å². The summed E-state index contributed by atoms with van der Waals surface area (Å²) in [7, 11) is -1.95. The van der Waals surface area contributed by atoms with Gasteiger partial charge in [-0.25, -0.2) is 8.42 Å². The molecule has 2 aromatic carbocycles. The van der Waals surface area contributed by atoms with E-state index < -0.39 is 10.0 Å². The summed E-state index contributed by atoms with van der Waals surface area (Å²) in [5, 5.41) is 2.85. The van der Waals surface area contributed by atoms with Gasteiger partial charge in [0, 0.05) is 25.2 Å². The second-order valence-corrected chi connectivity index (χ2v) is 9.76. The summed E-state index contributed by atoms with van der Waals surface area (Å²) < 4.78 is 32.6. The molecule has 0 unspecified atom stereocenters. The summed E-state index contributed by atoms with van der Waals surface area (Å²) in [4.78, 5) is 12.6. The lowest BCUT2D eigenvalue weighted by Gasteiger charge is -2.34. The lowest BCUT2D eigenvalue weighted by molar-refractivity contribution is 0.0950. The number of hydrogen-bond donors (Lipinski definition) is 1. The molecule has 0 aromatic heterocycles. The minimum absolute atomic E-state index is 0.225. The lowest BCUT2D eigenvalue weighted by Crippen LogP contribution is -2.42. The Morgan fingerprint density at radius 2 is 1.76 bits per heavy atom. The number of nitrogens with zero attached hydrogens (tertiary/aromatic N) is 1. The van der Waals surface area contributed by atoms with Crippen LogP contribution in [0.25, 0.3) is 0 Å². The zero-order valence-electron chi connectivity index (χ0n) is 17.1. The van der Waals surface area contributed by atoms with Crippen molar-refractivity contribution in [2.24, 2.45) is 11.8 Å². The van der Waals surface area contributed by atoms with Gasteiger partial charge < -0.3 is 10.1 Å². The highest BCUT2D eigenvalue weighted by Crippen LogP contribution is 2.26. The number of amides is 1. The van der Waals surface area contributed by atoms with E-state index in [1.54, 1.807) is 23.5 Å². The molecule has 1 aliphatic heterocycles. The maximum Gasteiger partial charge on any atom is 0.251 e. The van der Waals surface area contributed by atoms with E-state index in [1.807, 2.05) is 24.3 Å². The van der Waals surface area contributed by atoms with Crippen LogP contribution in [0.1, 0.15) is 36.2 Å². The number of hydrogen-bond acceptors (Lipinski definition) is 4. The molecule has 0 spiro atoms. The molecule has 0 aliphatic carbocycles. The molecule has 2 aromatic rings. The third-order valence-electron chi connectivity index (χ3n) is 5.18. The van der Waals surface area contributed by atoms with Crippen LogP contribution in [-0.4, -0.2) is 38.8 Å². The molecular weight excluding hydrogens is 388 g/mol. The van der Waals surface area contributed by atoms with E-state index >= 15 is 0 Å². The summed E-state index contributed by atoms with van der Waals surface area (Å²) in [5.41, 5.74) is 1.34. The van der Waals surface area contributed by atoms with E-state index in [9.17, 15) is 13.2 Å². The summed E-state index contributed by atoms with van der Waals surface area (Å²) in [6, 6.07) is 13.6. The van der Waals surface area contributed by atoms with Crippen LogP contribution in [-0.2, 0) is 16.6 Å². The fourth-order valence-electron chi connectivity index (χ4n) is 3.80. The van der Waals surface area contributed by atoms with Gasteiger partial charge in [0.1, 0.15) is 5.75 Å². The fourth-order valence-corrected chi connectivity index (χ4v) is 5.48. The average Bonchev–Trinajstić information content (AvgIpc) is 2.71. The van der Waals surface area contributed by atoms with Crippen molar-refractivity contribution in [2.45, 2.75) is 31.7 Å². The zero-order chi connectivity index (χ0) is 21.0. The molecule has 1 N–H and O–H groups in total. The molecule has 1 amide bonds. The monoisotopic (exact) mass is 416 g/mol. The van der Waals surface area contributed by atoms with Crippen LogP contribution in [0.4, 0.5) is 0 Å². The fraction of sp³-hybridized carbons (Fsp3) is 0.409. The van der Waals surface area contributed by atoms with Gasteiger partial charge in [0.25, 0.3) is 5.91 Å². The number of nitrogens with one attached hydrogen (secondary N) is 1. The van der Waals surface area contributed by atoms with Crippen molar-refractivity contribution in [3.63, 3.8) is 0 Å². The molecule has 156 valence electrons. The maximum absolute atomic E-state index is 12.9. The first-order chi connectivity index (χ1) is 13.8. The number of ether oxygens (including phenoxy) is 1. The standard InChI is InChI=1S/C22H28N2O4S/c1-16-11-17(2)15-24(14-16)29(26,27)21-9-7-19(8-10-21)22(25)23-13-18-5-4-6-20(12-18)28-3/h4-10,12,16-17H,11,13-15H2,1-3H3,(H,23,25)/t16-,17-/m1/s1. The first kappa shape index (κ1) is 21.3. The van der Waals surface area contributed by atoms with Crippen molar-refractivity contribution in [1.29, 1.82) is 0 Å². The third-order valence-corrected chi connectivity index (χ3v) is 7.02. The van der Waals surface area contributed by atoms with E-state index in [4.69, 9.17) is 4.74 Å². The van der Waals surface area contributed by atoms with Crippen LogP contribution >= 0.6 is 0 Å². The van der Waals surface area contributed by atoms with E-state index in [-0.39, 0.29) is 10.8 Å². The Balaban J connectivity index is 1.66. The molecular formula is C22H28N2O4S. The van der Waals surface area contributed by atoms with E-state index in [0.717, 1.165) is 17.7 Å². The summed E-state index contributed by atoms with van der Waals surface area (Å²) >= 11 is 0. The summed E-state index contributed by atoms with van der Waals surface area (Å²) in [6.07, 6.45) is 1.04. The highest BCUT2D eigenvalue weighted by Gasteiger charge is 2.31. The number of sulfonamides is 1. The molecule has 1 fully saturated rings. The van der Waals surface area contributed by atoms with Crippen LogP contribution < -0.4 is 10.1 Å². The van der Waals surface area contributed by atoms with Gasteiger partial charge in [-0.2, -0.15) is 4.31 Å². The largest absolute Gasteiger partial charge is 0.497 e. The topological polar surface area (TPSA) is 75.7 Å². The first-order valence-corrected chi connectivity index (χ1v) is 11.2. The van der Waals surface area contributed by atoms with Crippen molar-refractivity contribution in [3.05, 3.63) is 59.7 Å². The van der Waals surface area contributed by atoms with Crippen molar-refractivity contribution in [1.82, 2.24) is 9.62 Å². The molecule has 0 saturated carbocycles. The van der Waals surface area contributed by atoms with Gasteiger partial charge in [-0.15, -0.1) is 0 Å². The van der Waals surface area contributed by atoms with Crippen molar-refractivity contribution < 1.29 is 17.9 Å². The molecule has 1 aliphatic rings. The number of benzene rings is 2. The second kappa shape index (κ2) is 8.97. The SMILES string of the molecule is COc1cccc(CNC(=O)c2ccc(S(=O)(=O)N3C[C@H](C)C[C@@H](C)C3)cc2)c1. The minimum Gasteiger partial charge on any atom is -0.497 e. The normalized spacial score (nSPS) is 20.2. The van der Waals surface area contributed by atoms with Gasteiger partial charge in [-0.3, -0.25) is 4.79 Å². The van der Waals surface area contributed by atoms with Gasteiger partial charge in [-0.1, -0.05) is 26.0 Å². The third kappa shape index (κ3) is 5.16. The average molecular weight is 417 g/mol. The first-order valence-electron chi connectivity index (χ1n) is 9.81. The molecule has 2 atom stereocenters. The highest BCUT2D eigenvalue weighted by molar-refractivity contribution is 7.89. The Kier molecular flexibility index (Phi) is 6.59. The lowest BCUT2D eigenvalue weighted by atomic mass is 9.94. The number of carbonyl (C=O) groups excluding carboxylic acids is 1. The van der Waals surface area contributed by atoms with Crippen LogP contribution in [0.2, 0.25) is 0 Å². The molecule has 6 nitrogen and oxygen atoms in total. The molecule has 7 heteroatoms. The van der Waals surface area contributed by atoms with E-state index in [2.05, 4.69) is 19.2 Å². The van der Waals surface area contributed by atoms with Crippen LogP contribution in [0, 0.1) is 11.8 Å².